The Bertz CT molecular complexity index is 459. The number of hydrogen-bond donors (Lipinski definition) is 0. The lowest BCUT2D eigenvalue weighted by atomic mass is 10.3. The van der Waals surface area contributed by atoms with Crippen LogP contribution in [-0.2, 0) is 10.7 Å². The van der Waals surface area contributed by atoms with E-state index in [1.165, 1.54) is 13.8 Å². The first-order chi connectivity index (χ1) is 7.45. The van der Waals surface area contributed by atoms with Gasteiger partial charge in [0.2, 0.25) is 11.8 Å². The van der Waals surface area contributed by atoms with E-state index in [0.29, 0.717) is 22.0 Å². The van der Waals surface area contributed by atoms with Crippen LogP contribution in [0, 0.1) is 0 Å². The molecule has 0 saturated carbocycles. The van der Waals surface area contributed by atoms with Crippen LogP contribution in [0.3, 0.4) is 0 Å². The molecule has 0 bridgehead atoms. The van der Waals surface area contributed by atoms with Gasteiger partial charge >= 0.3 is 5.69 Å². The van der Waals surface area contributed by atoms with Crippen molar-refractivity contribution in [3.63, 3.8) is 0 Å². The maximum atomic E-state index is 11.9. The zero-order valence-corrected chi connectivity index (χ0v) is 12.0. The van der Waals surface area contributed by atoms with Gasteiger partial charge in [0.15, 0.2) is 0 Å². The van der Waals surface area contributed by atoms with Crippen LogP contribution in [0.2, 0.25) is 0 Å². The molecule has 0 radical (unpaired) electrons. The van der Waals surface area contributed by atoms with Crippen LogP contribution in [0.25, 0.3) is 0 Å². The molecule has 1 aromatic rings. The molecule has 16 heavy (non-hydrogen) atoms. The smallest absolute Gasteiger partial charge is 0.274 e. The SMILES string of the molecule is CC(=O)n1c(CBr)c(CBr)n(C(C)=O)c1=O. The maximum Gasteiger partial charge on any atom is 0.342 e. The zero-order chi connectivity index (χ0) is 12.5. The minimum atomic E-state index is -0.607. The minimum Gasteiger partial charge on any atom is -0.274 e. The van der Waals surface area contributed by atoms with Gasteiger partial charge in [-0.3, -0.25) is 9.59 Å². The van der Waals surface area contributed by atoms with Gasteiger partial charge in [0.05, 0.1) is 11.4 Å². The lowest BCUT2D eigenvalue weighted by Crippen LogP contribution is -2.31. The van der Waals surface area contributed by atoms with E-state index in [2.05, 4.69) is 31.9 Å². The lowest BCUT2D eigenvalue weighted by molar-refractivity contribution is 0.0919. The zero-order valence-electron chi connectivity index (χ0n) is 8.79. The summed E-state index contributed by atoms with van der Waals surface area (Å²) in [6, 6.07) is 0. The van der Waals surface area contributed by atoms with Gasteiger partial charge in [-0.2, -0.15) is 0 Å². The molecule has 0 aliphatic carbocycles. The van der Waals surface area contributed by atoms with Crippen molar-refractivity contribution in [1.29, 1.82) is 0 Å². The Morgan fingerprint density at radius 1 is 1.00 bits per heavy atom. The maximum absolute atomic E-state index is 11.9. The third-order valence-corrected chi connectivity index (χ3v) is 3.20. The van der Waals surface area contributed by atoms with Gasteiger partial charge in [-0.05, 0) is 0 Å². The number of alkyl halides is 2. The molecule has 0 amide bonds. The Balaban J connectivity index is 3.71. The van der Waals surface area contributed by atoms with Gasteiger partial charge in [0.1, 0.15) is 0 Å². The molecule has 0 unspecified atom stereocenters. The van der Waals surface area contributed by atoms with E-state index in [0.717, 1.165) is 9.13 Å². The molecule has 0 atom stereocenters. The molecular weight excluding hydrogens is 344 g/mol. The fourth-order valence-electron chi connectivity index (χ4n) is 1.51. The highest BCUT2D eigenvalue weighted by molar-refractivity contribution is 9.09. The molecule has 0 N–H and O–H groups in total. The van der Waals surface area contributed by atoms with Crippen LogP contribution in [-0.4, -0.2) is 20.9 Å². The molecule has 0 aliphatic heterocycles. The topological polar surface area (TPSA) is 61.1 Å². The summed E-state index contributed by atoms with van der Waals surface area (Å²) in [4.78, 5) is 34.6. The summed E-state index contributed by atoms with van der Waals surface area (Å²) >= 11 is 6.42. The van der Waals surface area contributed by atoms with Gasteiger partial charge in [-0.15, -0.1) is 0 Å². The van der Waals surface area contributed by atoms with E-state index < -0.39 is 17.5 Å². The summed E-state index contributed by atoms with van der Waals surface area (Å²) in [5.41, 5.74) is 0.401. The van der Waals surface area contributed by atoms with E-state index in [-0.39, 0.29) is 0 Å². The average molecular weight is 354 g/mol. The molecule has 1 heterocycles. The third kappa shape index (κ3) is 2.06. The van der Waals surface area contributed by atoms with Crippen LogP contribution < -0.4 is 5.69 Å². The highest BCUT2D eigenvalue weighted by Gasteiger charge is 2.22. The van der Waals surface area contributed by atoms with E-state index in [4.69, 9.17) is 0 Å². The normalized spacial score (nSPS) is 10.5. The van der Waals surface area contributed by atoms with Crippen molar-refractivity contribution < 1.29 is 9.59 Å². The van der Waals surface area contributed by atoms with Gasteiger partial charge in [0, 0.05) is 24.5 Å². The van der Waals surface area contributed by atoms with Gasteiger partial charge in [-0.1, -0.05) is 31.9 Å². The molecule has 0 fully saturated rings. The number of aromatic nitrogens is 2. The predicted octanol–water partition coefficient (Wildman–Crippen LogP) is 1.76. The number of imidazole rings is 1. The molecule has 5 nitrogen and oxygen atoms in total. The fraction of sp³-hybridized carbons (Fsp3) is 0.444. The van der Waals surface area contributed by atoms with E-state index in [1.54, 1.807) is 0 Å². The first kappa shape index (κ1) is 13.4. The highest BCUT2D eigenvalue weighted by Crippen LogP contribution is 2.15. The van der Waals surface area contributed by atoms with Crippen molar-refractivity contribution in [3.05, 3.63) is 21.9 Å². The average Bonchev–Trinajstić information content (AvgIpc) is 2.49. The predicted molar refractivity (Wildman–Crippen MR) is 66.6 cm³/mol. The number of carbonyl (C=O) groups is 2. The first-order valence-corrected chi connectivity index (χ1v) is 6.69. The third-order valence-electron chi connectivity index (χ3n) is 2.14. The molecule has 0 aromatic carbocycles. The van der Waals surface area contributed by atoms with E-state index in [9.17, 15) is 14.4 Å². The van der Waals surface area contributed by atoms with Crippen LogP contribution in [0.4, 0.5) is 0 Å². The number of carbonyl (C=O) groups excluding carboxylic acids is 2. The Hall–Kier alpha value is -0.690. The Labute approximate surface area is 109 Å². The number of nitrogens with zero attached hydrogens (tertiary/aromatic N) is 2. The Morgan fingerprint density at radius 2 is 1.31 bits per heavy atom. The summed E-state index contributed by atoms with van der Waals surface area (Å²) in [5.74, 6) is -0.802. The summed E-state index contributed by atoms with van der Waals surface area (Å²) < 4.78 is 2.01. The number of halogens is 2. The van der Waals surface area contributed by atoms with Crippen LogP contribution in [0.1, 0.15) is 34.8 Å². The summed E-state index contributed by atoms with van der Waals surface area (Å²) in [5, 5.41) is 0.673. The molecule has 0 aliphatic rings. The van der Waals surface area contributed by atoms with Crippen LogP contribution in [0.5, 0.6) is 0 Å². The molecule has 0 saturated heterocycles. The largest absolute Gasteiger partial charge is 0.342 e. The van der Waals surface area contributed by atoms with Crippen molar-refractivity contribution in [2.75, 3.05) is 0 Å². The van der Waals surface area contributed by atoms with Crippen LogP contribution >= 0.6 is 31.9 Å². The van der Waals surface area contributed by atoms with Gasteiger partial charge in [0.25, 0.3) is 0 Å². The van der Waals surface area contributed by atoms with Crippen molar-refractivity contribution in [2.24, 2.45) is 0 Å². The van der Waals surface area contributed by atoms with E-state index in [1.807, 2.05) is 0 Å². The molecule has 1 rings (SSSR count). The lowest BCUT2D eigenvalue weighted by Gasteiger charge is -2.01. The molecule has 0 spiro atoms. The minimum absolute atomic E-state index is 0.336. The monoisotopic (exact) mass is 352 g/mol. The summed E-state index contributed by atoms with van der Waals surface area (Å²) in [6.07, 6.45) is 0. The van der Waals surface area contributed by atoms with Crippen LogP contribution in [0.15, 0.2) is 4.79 Å². The number of rotatable bonds is 2. The highest BCUT2D eigenvalue weighted by atomic mass is 79.9. The van der Waals surface area contributed by atoms with E-state index >= 15 is 0 Å². The first-order valence-electron chi connectivity index (χ1n) is 4.45. The van der Waals surface area contributed by atoms with Crippen molar-refractivity contribution in [1.82, 2.24) is 9.13 Å². The summed E-state index contributed by atoms with van der Waals surface area (Å²) in [7, 11) is 0. The second-order valence-electron chi connectivity index (χ2n) is 3.15. The summed E-state index contributed by atoms with van der Waals surface area (Å²) in [6.45, 7) is 2.58. The second kappa shape index (κ2) is 5.09. The second-order valence-corrected chi connectivity index (χ2v) is 4.27. The van der Waals surface area contributed by atoms with Crippen molar-refractivity contribution in [3.8, 4) is 0 Å². The van der Waals surface area contributed by atoms with Gasteiger partial charge in [-0.25, -0.2) is 13.9 Å². The quantitative estimate of drug-likeness (QED) is 0.761. The number of hydrogen-bond acceptors (Lipinski definition) is 3. The fourth-order valence-corrected chi connectivity index (χ4v) is 2.66. The Kier molecular flexibility index (Phi) is 4.26. The van der Waals surface area contributed by atoms with Crippen molar-refractivity contribution >= 4 is 43.7 Å². The standard InChI is InChI=1S/C9H10Br2N2O3/c1-5(14)12-7(3-10)8(4-11)13(6(2)15)9(12)16/h3-4H2,1-2H3. The molecule has 7 heteroatoms. The van der Waals surface area contributed by atoms with Crippen molar-refractivity contribution in [2.45, 2.75) is 24.5 Å². The molecule has 88 valence electrons. The van der Waals surface area contributed by atoms with Gasteiger partial charge < -0.3 is 0 Å². The molecule has 1 aromatic heterocycles. The molecular formula is C9H10Br2N2O3. The Morgan fingerprint density at radius 3 is 1.50 bits per heavy atom.